The number of nitrogens with zero attached hydrogens (tertiary/aromatic N) is 4. The molecule has 0 aliphatic rings. The Bertz CT molecular complexity index is 1060. The molecule has 0 radical (unpaired) electrons. The Balaban J connectivity index is 1.94. The Morgan fingerprint density at radius 2 is 1.87 bits per heavy atom. The molecule has 0 aliphatic heterocycles. The molecule has 2 N–H and O–H groups in total. The summed E-state index contributed by atoms with van der Waals surface area (Å²) in [4.78, 5) is 25.1. The van der Waals surface area contributed by atoms with Crippen LogP contribution in [-0.2, 0) is 0 Å². The molecule has 2 aromatic carbocycles. The number of likely N-dealkylation sites (N-methyl/N-ethyl adjacent to an activating group) is 1. The summed E-state index contributed by atoms with van der Waals surface area (Å²) in [5, 5.41) is 20.6. The molecule has 1 unspecified atom stereocenters. The predicted molar refractivity (Wildman–Crippen MR) is 117 cm³/mol. The largest absolute Gasteiger partial charge is 0.508 e. The van der Waals surface area contributed by atoms with E-state index in [4.69, 9.17) is 11.6 Å². The number of carbonyl (C=O) groups excluding carboxylic acids is 1. The highest BCUT2D eigenvalue weighted by atomic mass is 35.5. The summed E-state index contributed by atoms with van der Waals surface area (Å²) >= 11 is 6.36. The summed E-state index contributed by atoms with van der Waals surface area (Å²) in [5.41, 5.74) is 1.83. The maximum Gasteiger partial charge on any atom is 0.257 e. The number of rotatable bonds is 6. The van der Waals surface area contributed by atoms with E-state index in [9.17, 15) is 15.0 Å². The first-order valence-electron chi connectivity index (χ1n) is 9.29. The molecule has 0 saturated carbocycles. The zero-order valence-electron chi connectivity index (χ0n) is 17.0. The molecular formula is C22H23ClN4O3. The van der Waals surface area contributed by atoms with Crippen molar-refractivity contribution in [2.75, 3.05) is 32.6 Å². The number of hydrogen-bond acceptors (Lipinski definition) is 6. The van der Waals surface area contributed by atoms with Crippen molar-refractivity contribution in [2.24, 2.45) is 0 Å². The topological polar surface area (TPSA) is 89.8 Å². The summed E-state index contributed by atoms with van der Waals surface area (Å²) in [6.07, 6.45) is 0.511. The number of anilines is 1. The molecule has 8 heteroatoms. The van der Waals surface area contributed by atoms with Gasteiger partial charge in [0.15, 0.2) is 0 Å². The molecule has 3 rings (SSSR count). The lowest BCUT2D eigenvalue weighted by Gasteiger charge is -2.23. The summed E-state index contributed by atoms with van der Waals surface area (Å²) in [6.45, 7) is 0.0275. The Hall–Kier alpha value is -3.16. The zero-order valence-corrected chi connectivity index (χ0v) is 17.7. The van der Waals surface area contributed by atoms with E-state index in [2.05, 4.69) is 9.97 Å². The van der Waals surface area contributed by atoms with Crippen molar-refractivity contribution in [3.63, 3.8) is 0 Å². The highest BCUT2D eigenvalue weighted by Gasteiger charge is 2.23. The number of aromatic hydroxyl groups is 1. The Kier molecular flexibility index (Phi) is 6.54. The molecule has 7 nitrogen and oxygen atoms in total. The average molecular weight is 427 g/mol. The van der Waals surface area contributed by atoms with Crippen LogP contribution in [0, 0.1) is 0 Å². The first-order chi connectivity index (χ1) is 14.3. The maximum atomic E-state index is 13.2. The summed E-state index contributed by atoms with van der Waals surface area (Å²) in [7, 11) is 5.21. The van der Waals surface area contributed by atoms with Gasteiger partial charge in [0.1, 0.15) is 5.75 Å². The second kappa shape index (κ2) is 9.11. The van der Waals surface area contributed by atoms with Gasteiger partial charge in [-0.05, 0) is 23.8 Å². The monoisotopic (exact) mass is 426 g/mol. The van der Waals surface area contributed by atoms with E-state index in [1.54, 1.807) is 42.3 Å². The predicted octanol–water partition coefficient (Wildman–Crippen LogP) is 3.37. The fraction of sp³-hybridized carbons (Fsp3) is 0.227. The maximum absolute atomic E-state index is 13.2. The molecule has 1 heterocycles. The third-order valence-corrected chi connectivity index (χ3v) is 4.91. The lowest BCUT2D eigenvalue weighted by molar-refractivity contribution is 0.0681. The standard InChI is InChI=1S/C22H23ClN4O3/c1-26(2)22-24-12-17(20(25-22)16-9-4-5-10-18(16)23)21(30)27(3)13-19(29)14-7-6-8-15(28)11-14/h4-12,19,28-29H,13H2,1-3H3. The smallest absolute Gasteiger partial charge is 0.257 e. The van der Waals surface area contributed by atoms with Crippen LogP contribution in [0.25, 0.3) is 11.3 Å². The fourth-order valence-electron chi connectivity index (χ4n) is 2.99. The number of benzene rings is 2. The Labute approximate surface area is 180 Å². The number of aliphatic hydroxyl groups excluding tert-OH is 1. The van der Waals surface area contributed by atoms with Crippen LogP contribution in [-0.4, -0.2) is 58.7 Å². The van der Waals surface area contributed by atoms with Gasteiger partial charge in [0, 0.05) is 37.9 Å². The number of hydrogen-bond donors (Lipinski definition) is 2. The second-order valence-electron chi connectivity index (χ2n) is 7.10. The zero-order chi connectivity index (χ0) is 21.8. The van der Waals surface area contributed by atoms with Crippen molar-refractivity contribution in [1.82, 2.24) is 14.9 Å². The van der Waals surface area contributed by atoms with Crippen LogP contribution in [0.4, 0.5) is 5.95 Å². The van der Waals surface area contributed by atoms with Crippen molar-refractivity contribution < 1.29 is 15.0 Å². The normalized spacial score (nSPS) is 11.8. The van der Waals surface area contributed by atoms with Gasteiger partial charge >= 0.3 is 0 Å². The van der Waals surface area contributed by atoms with Gasteiger partial charge in [0.2, 0.25) is 5.95 Å². The number of halogens is 1. The van der Waals surface area contributed by atoms with E-state index in [0.717, 1.165) is 0 Å². The van der Waals surface area contributed by atoms with E-state index >= 15 is 0 Å². The van der Waals surface area contributed by atoms with Gasteiger partial charge in [0.05, 0.1) is 23.9 Å². The van der Waals surface area contributed by atoms with Gasteiger partial charge in [-0.1, -0.05) is 41.9 Å². The van der Waals surface area contributed by atoms with Crippen LogP contribution in [0.5, 0.6) is 5.75 Å². The Morgan fingerprint density at radius 3 is 2.53 bits per heavy atom. The van der Waals surface area contributed by atoms with Crippen molar-refractivity contribution in [3.8, 4) is 17.0 Å². The van der Waals surface area contributed by atoms with Gasteiger partial charge in [-0.3, -0.25) is 4.79 Å². The number of aliphatic hydroxyl groups is 1. The van der Waals surface area contributed by atoms with Crippen LogP contribution in [0.2, 0.25) is 5.02 Å². The van der Waals surface area contributed by atoms with Crippen LogP contribution in [0.1, 0.15) is 22.0 Å². The van der Waals surface area contributed by atoms with Crippen LogP contribution >= 0.6 is 11.6 Å². The first kappa shape index (κ1) is 21.5. The lowest BCUT2D eigenvalue weighted by atomic mass is 10.1. The number of aromatic nitrogens is 2. The lowest BCUT2D eigenvalue weighted by Crippen LogP contribution is -2.32. The second-order valence-corrected chi connectivity index (χ2v) is 7.51. The fourth-order valence-corrected chi connectivity index (χ4v) is 3.21. The van der Waals surface area contributed by atoms with Crippen LogP contribution in [0.3, 0.4) is 0 Å². The molecule has 1 amide bonds. The molecule has 3 aromatic rings. The Morgan fingerprint density at radius 1 is 1.13 bits per heavy atom. The minimum atomic E-state index is -0.961. The van der Waals surface area contributed by atoms with E-state index in [-0.39, 0.29) is 23.8 Å². The van der Waals surface area contributed by atoms with E-state index < -0.39 is 6.10 Å². The molecule has 0 aliphatic carbocycles. The molecule has 0 spiro atoms. The highest BCUT2D eigenvalue weighted by molar-refractivity contribution is 6.33. The molecule has 30 heavy (non-hydrogen) atoms. The van der Waals surface area contributed by atoms with Crippen LogP contribution in [0.15, 0.2) is 54.7 Å². The average Bonchev–Trinajstić information content (AvgIpc) is 2.73. The van der Waals surface area contributed by atoms with Crippen LogP contribution < -0.4 is 4.90 Å². The van der Waals surface area contributed by atoms with Gasteiger partial charge in [-0.25, -0.2) is 9.97 Å². The SMILES string of the molecule is CN(CC(O)c1cccc(O)c1)C(=O)c1cnc(N(C)C)nc1-c1ccccc1Cl. The van der Waals surface area contributed by atoms with E-state index in [1.165, 1.54) is 23.2 Å². The van der Waals surface area contributed by atoms with Crippen molar-refractivity contribution >= 4 is 23.5 Å². The van der Waals surface area contributed by atoms with Crippen molar-refractivity contribution in [1.29, 1.82) is 0 Å². The summed E-state index contributed by atoms with van der Waals surface area (Å²) in [6, 6.07) is 13.5. The van der Waals surface area contributed by atoms with E-state index in [1.807, 2.05) is 20.2 Å². The quantitative estimate of drug-likeness (QED) is 0.628. The van der Waals surface area contributed by atoms with Gasteiger partial charge in [-0.15, -0.1) is 0 Å². The summed E-state index contributed by atoms with van der Waals surface area (Å²) in [5.74, 6) is 0.146. The molecule has 1 atom stereocenters. The van der Waals surface area contributed by atoms with E-state index in [0.29, 0.717) is 27.8 Å². The molecule has 156 valence electrons. The number of phenols is 1. The van der Waals surface area contributed by atoms with Gasteiger partial charge in [-0.2, -0.15) is 0 Å². The van der Waals surface area contributed by atoms with Gasteiger partial charge < -0.3 is 20.0 Å². The number of phenolic OH excluding ortho intramolecular Hbond substituents is 1. The molecule has 0 fully saturated rings. The third kappa shape index (κ3) is 4.69. The third-order valence-electron chi connectivity index (χ3n) is 4.58. The first-order valence-corrected chi connectivity index (χ1v) is 9.67. The minimum absolute atomic E-state index is 0.0275. The van der Waals surface area contributed by atoms with Crippen molar-refractivity contribution in [3.05, 3.63) is 70.9 Å². The summed E-state index contributed by atoms with van der Waals surface area (Å²) < 4.78 is 0. The molecular weight excluding hydrogens is 404 g/mol. The molecule has 0 saturated heterocycles. The number of carbonyl (C=O) groups is 1. The van der Waals surface area contributed by atoms with Crippen molar-refractivity contribution in [2.45, 2.75) is 6.10 Å². The molecule has 0 bridgehead atoms. The molecule has 1 aromatic heterocycles. The number of amides is 1. The minimum Gasteiger partial charge on any atom is -0.508 e. The van der Waals surface area contributed by atoms with Gasteiger partial charge in [0.25, 0.3) is 5.91 Å². The highest BCUT2D eigenvalue weighted by Crippen LogP contribution is 2.30.